The number of fused-ring (bicyclic) bond motifs is 1. The maximum Gasteiger partial charge on any atom is 0.243 e. The van der Waals surface area contributed by atoms with E-state index in [0.29, 0.717) is 17.4 Å². The minimum absolute atomic E-state index is 0.138. The number of H-pyrrole nitrogens is 1. The molecule has 30 heavy (non-hydrogen) atoms. The van der Waals surface area contributed by atoms with Crippen LogP contribution in [0.15, 0.2) is 42.5 Å². The molecule has 7 nitrogen and oxygen atoms in total. The lowest BCUT2D eigenvalue weighted by atomic mass is 9.79. The van der Waals surface area contributed by atoms with Crippen LogP contribution in [-0.2, 0) is 6.61 Å². The van der Waals surface area contributed by atoms with Crippen molar-refractivity contribution in [3.05, 3.63) is 70.7 Å². The van der Waals surface area contributed by atoms with Gasteiger partial charge in [0.25, 0.3) is 0 Å². The quantitative estimate of drug-likeness (QED) is 0.664. The van der Waals surface area contributed by atoms with Crippen molar-refractivity contribution in [2.45, 2.75) is 19.4 Å². The van der Waals surface area contributed by atoms with Gasteiger partial charge in [-0.25, -0.2) is 4.39 Å². The van der Waals surface area contributed by atoms with Crippen LogP contribution in [0.4, 0.5) is 4.39 Å². The Labute approximate surface area is 172 Å². The zero-order chi connectivity index (χ0) is 21.3. The molecule has 2 aromatic carbocycles. The molecule has 2 unspecified atom stereocenters. The van der Waals surface area contributed by atoms with Crippen molar-refractivity contribution in [1.29, 1.82) is 10.7 Å². The van der Waals surface area contributed by atoms with Crippen LogP contribution in [0, 0.1) is 35.4 Å². The highest BCUT2D eigenvalue weighted by Crippen LogP contribution is 2.43. The van der Waals surface area contributed by atoms with Gasteiger partial charge in [0.05, 0.1) is 13.2 Å². The Bertz CT molecular complexity index is 1130. The molecule has 3 aromatic rings. The summed E-state index contributed by atoms with van der Waals surface area (Å²) < 4.78 is 29.8. The van der Waals surface area contributed by atoms with E-state index in [9.17, 15) is 9.65 Å². The lowest BCUT2D eigenvalue weighted by Crippen LogP contribution is -2.31. The first-order chi connectivity index (χ1) is 14.5. The smallest absolute Gasteiger partial charge is 0.243 e. The number of aryl methyl sites for hydroxylation is 1. The number of methoxy groups -OCH3 is 1. The van der Waals surface area contributed by atoms with Crippen LogP contribution in [-0.4, -0.2) is 23.2 Å². The van der Waals surface area contributed by atoms with Crippen LogP contribution in [0.5, 0.6) is 17.4 Å². The van der Waals surface area contributed by atoms with E-state index < -0.39 is 11.8 Å². The summed E-state index contributed by atoms with van der Waals surface area (Å²) in [5.74, 6) is -0.207. The molecule has 4 rings (SSSR count). The number of aromatic nitrogens is 2. The van der Waals surface area contributed by atoms with Crippen molar-refractivity contribution in [3.63, 3.8) is 0 Å². The number of ether oxygens (including phenoxy) is 3. The van der Waals surface area contributed by atoms with Crippen LogP contribution in [0.25, 0.3) is 0 Å². The van der Waals surface area contributed by atoms with Gasteiger partial charge in [0.1, 0.15) is 29.8 Å². The molecule has 1 aromatic heterocycles. The number of benzene rings is 2. The fourth-order valence-electron chi connectivity index (χ4n) is 3.63. The molecule has 0 saturated heterocycles. The molecule has 0 bridgehead atoms. The van der Waals surface area contributed by atoms with E-state index in [0.717, 1.165) is 22.4 Å². The largest absolute Gasteiger partial charge is 0.496 e. The van der Waals surface area contributed by atoms with Gasteiger partial charge in [0.2, 0.25) is 11.8 Å². The van der Waals surface area contributed by atoms with Crippen molar-refractivity contribution < 1.29 is 18.6 Å². The fourth-order valence-corrected chi connectivity index (χ4v) is 3.63. The number of nitrogens with one attached hydrogen (secondary N) is 2. The van der Waals surface area contributed by atoms with E-state index in [1.54, 1.807) is 25.3 Å². The lowest BCUT2D eigenvalue weighted by Gasteiger charge is -2.28. The average molecular weight is 406 g/mol. The minimum Gasteiger partial charge on any atom is -0.496 e. The maximum atomic E-state index is 13.1. The van der Waals surface area contributed by atoms with Crippen LogP contribution in [0.2, 0.25) is 0 Å². The molecule has 0 saturated carbocycles. The second-order valence-electron chi connectivity index (χ2n) is 6.93. The van der Waals surface area contributed by atoms with Crippen LogP contribution < -0.4 is 14.2 Å². The number of nitrogens with zero attached hydrogens (tertiary/aromatic N) is 2. The molecule has 152 valence electrons. The summed E-state index contributed by atoms with van der Waals surface area (Å²) in [4.78, 5) is 0. The van der Waals surface area contributed by atoms with Crippen molar-refractivity contribution in [3.8, 4) is 23.4 Å². The molecule has 0 spiro atoms. The number of halogens is 1. The van der Waals surface area contributed by atoms with Crippen LogP contribution >= 0.6 is 0 Å². The first-order valence-corrected chi connectivity index (χ1v) is 9.27. The third-order valence-corrected chi connectivity index (χ3v) is 5.10. The Morgan fingerprint density at radius 2 is 2.03 bits per heavy atom. The van der Waals surface area contributed by atoms with Crippen molar-refractivity contribution in [2.24, 2.45) is 5.92 Å². The predicted molar refractivity (Wildman–Crippen MR) is 106 cm³/mol. The molecular weight excluding hydrogens is 387 g/mol. The fraction of sp³-hybridized carbons (Fsp3) is 0.227. The van der Waals surface area contributed by atoms with Crippen molar-refractivity contribution >= 4 is 5.90 Å². The monoisotopic (exact) mass is 406 g/mol. The Morgan fingerprint density at radius 1 is 1.27 bits per heavy atom. The molecule has 0 fully saturated rings. The van der Waals surface area contributed by atoms with Gasteiger partial charge >= 0.3 is 0 Å². The third-order valence-electron chi connectivity index (χ3n) is 5.10. The average Bonchev–Trinajstić information content (AvgIpc) is 3.12. The molecule has 2 heterocycles. The Balaban J connectivity index is 1.71. The summed E-state index contributed by atoms with van der Waals surface area (Å²) in [6.45, 7) is 2.05. The maximum absolute atomic E-state index is 13.1. The normalized spacial score (nSPS) is 17.6. The highest BCUT2D eigenvalue weighted by molar-refractivity contribution is 5.84. The van der Waals surface area contributed by atoms with E-state index >= 15 is 0 Å². The molecule has 0 radical (unpaired) electrons. The predicted octanol–water partition coefficient (Wildman–Crippen LogP) is 4.09. The zero-order valence-electron chi connectivity index (χ0n) is 16.4. The third kappa shape index (κ3) is 3.46. The molecule has 1 aliphatic heterocycles. The van der Waals surface area contributed by atoms with E-state index in [4.69, 9.17) is 19.6 Å². The zero-order valence-corrected chi connectivity index (χ0v) is 16.4. The molecular formula is C22H19FN4O3. The Morgan fingerprint density at radius 3 is 2.73 bits per heavy atom. The number of aromatic amines is 1. The lowest BCUT2D eigenvalue weighted by molar-refractivity contribution is 0.296. The molecule has 2 N–H and O–H groups in total. The van der Waals surface area contributed by atoms with Crippen molar-refractivity contribution in [2.75, 3.05) is 7.11 Å². The molecule has 2 atom stereocenters. The van der Waals surface area contributed by atoms with Crippen LogP contribution in [0.3, 0.4) is 0 Å². The highest BCUT2D eigenvalue weighted by atomic mass is 19.1. The van der Waals surface area contributed by atoms with Gasteiger partial charge in [-0.3, -0.25) is 10.5 Å². The van der Waals surface area contributed by atoms with Crippen molar-refractivity contribution in [1.82, 2.24) is 10.2 Å². The summed E-state index contributed by atoms with van der Waals surface area (Å²) >= 11 is 0. The number of hydrogen-bond acceptors (Lipinski definition) is 6. The summed E-state index contributed by atoms with van der Waals surface area (Å²) in [5, 5.41) is 24.8. The summed E-state index contributed by atoms with van der Waals surface area (Å²) in [7, 11) is 1.57. The summed E-state index contributed by atoms with van der Waals surface area (Å²) in [6.07, 6.45) is 0. The van der Waals surface area contributed by atoms with Gasteiger partial charge in [-0.2, -0.15) is 5.26 Å². The Kier molecular flexibility index (Phi) is 5.11. The minimum atomic E-state index is -0.784. The first kappa shape index (κ1) is 19.5. The van der Waals surface area contributed by atoms with E-state index in [-0.39, 0.29) is 18.3 Å². The summed E-state index contributed by atoms with van der Waals surface area (Å²) in [6, 6.07) is 13.5. The van der Waals surface area contributed by atoms with Crippen LogP contribution in [0.1, 0.15) is 28.3 Å². The second-order valence-corrected chi connectivity index (χ2v) is 6.93. The van der Waals surface area contributed by atoms with E-state index in [2.05, 4.69) is 16.3 Å². The number of nitriles is 1. The summed E-state index contributed by atoms with van der Waals surface area (Å²) in [5.41, 5.74) is 3.12. The van der Waals surface area contributed by atoms with E-state index in [1.165, 1.54) is 12.1 Å². The Hall–Kier alpha value is -3.86. The molecule has 8 heteroatoms. The van der Waals surface area contributed by atoms with Gasteiger partial charge in [0, 0.05) is 22.7 Å². The standard InChI is InChI=1S/C22H19FN4O3/c1-12-19-20(17(10-24)21(25)30-22(19)27-26-12)13-3-8-18(28-2)14(9-13)11-29-16-6-4-15(23)5-7-16/h3-9,17,20,25H,11H2,1-2H3,(H,26,27). The van der Waals surface area contributed by atoms with E-state index in [1.807, 2.05) is 19.1 Å². The number of rotatable bonds is 5. The highest BCUT2D eigenvalue weighted by Gasteiger charge is 2.40. The molecule has 0 amide bonds. The van der Waals surface area contributed by atoms with Gasteiger partial charge in [0.15, 0.2) is 0 Å². The SMILES string of the molecule is COc1ccc(C2c3c(n[nH]c3C)OC(=N)C2C#N)cc1COc1ccc(F)cc1. The van der Waals surface area contributed by atoms with Gasteiger partial charge in [-0.15, -0.1) is 5.10 Å². The second kappa shape index (κ2) is 7.87. The molecule has 1 aliphatic rings. The topological polar surface area (TPSA) is 104 Å². The van der Waals surface area contributed by atoms with Gasteiger partial charge < -0.3 is 14.2 Å². The van der Waals surface area contributed by atoms with Gasteiger partial charge in [-0.05, 0) is 48.9 Å². The van der Waals surface area contributed by atoms with Gasteiger partial charge in [-0.1, -0.05) is 6.07 Å². The molecule has 0 aliphatic carbocycles. The first-order valence-electron chi connectivity index (χ1n) is 9.27. The number of hydrogen-bond donors (Lipinski definition) is 2.